The summed E-state index contributed by atoms with van der Waals surface area (Å²) in [7, 11) is 0. The van der Waals surface area contributed by atoms with Crippen LogP contribution in [0.1, 0.15) is 0 Å². The van der Waals surface area contributed by atoms with Gasteiger partial charge in [0.15, 0.2) is 0 Å². The van der Waals surface area contributed by atoms with Gasteiger partial charge in [-0.15, -0.1) is 0 Å². The number of hydrogen-bond donors (Lipinski definition) is 2. The number of nitrogens with zero attached hydrogens (tertiary/aromatic N) is 3. The zero-order valence-electron chi connectivity index (χ0n) is 10.7. The van der Waals surface area contributed by atoms with E-state index in [0.717, 1.165) is 16.9 Å². The van der Waals surface area contributed by atoms with Gasteiger partial charge in [-0.1, -0.05) is 18.2 Å². The zero-order chi connectivity index (χ0) is 13.8. The van der Waals surface area contributed by atoms with Crippen LogP contribution in [0.25, 0.3) is 11.3 Å². The Morgan fingerprint density at radius 3 is 2.35 bits per heavy atom. The number of rotatable bonds is 3. The van der Waals surface area contributed by atoms with Crippen molar-refractivity contribution < 1.29 is 0 Å². The van der Waals surface area contributed by atoms with Crippen LogP contribution in [-0.4, -0.2) is 15.0 Å². The Balaban J connectivity index is 2.06. The molecule has 0 spiro atoms. The van der Waals surface area contributed by atoms with Crippen molar-refractivity contribution in [1.29, 1.82) is 0 Å². The molecule has 0 saturated heterocycles. The van der Waals surface area contributed by atoms with Crippen molar-refractivity contribution in [2.75, 3.05) is 11.1 Å². The van der Waals surface area contributed by atoms with Crippen LogP contribution in [0, 0.1) is 0 Å². The molecule has 5 nitrogen and oxygen atoms in total. The minimum absolute atomic E-state index is 0.502. The van der Waals surface area contributed by atoms with E-state index in [-0.39, 0.29) is 0 Å². The monoisotopic (exact) mass is 263 g/mol. The van der Waals surface area contributed by atoms with Gasteiger partial charge in [0.05, 0.1) is 17.1 Å². The van der Waals surface area contributed by atoms with Crippen molar-refractivity contribution in [3.8, 4) is 11.3 Å². The summed E-state index contributed by atoms with van der Waals surface area (Å²) in [4.78, 5) is 12.7. The van der Waals surface area contributed by atoms with Gasteiger partial charge in [-0.2, -0.15) is 0 Å². The number of aromatic nitrogens is 3. The largest absolute Gasteiger partial charge is 0.397 e. The summed E-state index contributed by atoms with van der Waals surface area (Å²) in [5.41, 5.74) is 9.21. The van der Waals surface area contributed by atoms with E-state index in [9.17, 15) is 0 Å². The predicted octanol–water partition coefficient (Wildman–Crippen LogP) is 2.86. The first-order valence-corrected chi connectivity index (χ1v) is 6.18. The molecule has 0 fully saturated rings. The lowest BCUT2D eigenvalue weighted by molar-refractivity contribution is 1.17. The maximum atomic E-state index is 6.06. The first-order valence-electron chi connectivity index (χ1n) is 6.18. The molecule has 1 aromatic carbocycles. The SMILES string of the molecule is Nc1cccc(-c2ccccn2)c1Nc1ncccn1. The Kier molecular flexibility index (Phi) is 3.24. The fourth-order valence-corrected chi connectivity index (χ4v) is 1.92. The Morgan fingerprint density at radius 1 is 0.800 bits per heavy atom. The number of nitrogens with one attached hydrogen (secondary N) is 1. The summed E-state index contributed by atoms with van der Waals surface area (Å²) in [6.45, 7) is 0. The number of anilines is 3. The minimum atomic E-state index is 0.502. The smallest absolute Gasteiger partial charge is 0.227 e. The Bertz CT molecular complexity index is 698. The van der Waals surface area contributed by atoms with E-state index in [1.807, 2.05) is 36.4 Å². The van der Waals surface area contributed by atoms with E-state index in [1.165, 1.54) is 0 Å². The second-order valence-corrected chi connectivity index (χ2v) is 4.18. The van der Waals surface area contributed by atoms with Crippen LogP contribution in [0.15, 0.2) is 61.1 Å². The first kappa shape index (κ1) is 12.1. The van der Waals surface area contributed by atoms with Crippen LogP contribution >= 0.6 is 0 Å². The molecule has 0 atom stereocenters. The third kappa shape index (κ3) is 2.42. The van der Waals surface area contributed by atoms with Gasteiger partial charge in [0, 0.05) is 24.2 Å². The molecule has 5 heteroatoms. The molecule has 0 bridgehead atoms. The summed E-state index contributed by atoms with van der Waals surface area (Å²) in [5.74, 6) is 0.502. The third-order valence-electron chi connectivity index (χ3n) is 2.84. The molecule has 3 aromatic rings. The van der Waals surface area contributed by atoms with Crippen molar-refractivity contribution >= 4 is 17.3 Å². The molecule has 0 aliphatic rings. The van der Waals surface area contributed by atoms with Gasteiger partial charge in [-0.25, -0.2) is 9.97 Å². The quantitative estimate of drug-likeness (QED) is 0.710. The van der Waals surface area contributed by atoms with E-state index in [1.54, 1.807) is 24.7 Å². The summed E-state index contributed by atoms with van der Waals surface area (Å²) in [5, 5.41) is 3.15. The maximum absolute atomic E-state index is 6.06. The molecule has 98 valence electrons. The van der Waals surface area contributed by atoms with Gasteiger partial charge in [0.25, 0.3) is 0 Å². The fourth-order valence-electron chi connectivity index (χ4n) is 1.92. The van der Waals surface area contributed by atoms with E-state index in [0.29, 0.717) is 11.6 Å². The van der Waals surface area contributed by atoms with Crippen molar-refractivity contribution in [2.24, 2.45) is 0 Å². The highest BCUT2D eigenvalue weighted by atomic mass is 15.1. The van der Waals surface area contributed by atoms with Gasteiger partial charge in [0.1, 0.15) is 0 Å². The van der Waals surface area contributed by atoms with E-state index in [4.69, 9.17) is 5.73 Å². The van der Waals surface area contributed by atoms with Gasteiger partial charge in [-0.05, 0) is 24.3 Å². The standard InChI is InChI=1S/C15H13N5/c16-12-6-3-5-11(13-7-1-2-8-17-13)14(12)20-15-18-9-4-10-19-15/h1-10H,16H2,(H,18,19,20). The molecule has 0 radical (unpaired) electrons. The highest BCUT2D eigenvalue weighted by Gasteiger charge is 2.10. The van der Waals surface area contributed by atoms with Gasteiger partial charge < -0.3 is 11.1 Å². The van der Waals surface area contributed by atoms with E-state index >= 15 is 0 Å². The minimum Gasteiger partial charge on any atom is -0.397 e. The summed E-state index contributed by atoms with van der Waals surface area (Å²) < 4.78 is 0. The first-order chi connectivity index (χ1) is 9.84. The fraction of sp³-hybridized carbons (Fsp3) is 0. The molecule has 0 amide bonds. The molecule has 0 saturated carbocycles. The second-order valence-electron chi connectivity index (χ2n) is 4.18. The summed E-state index contributed by atoms with van der Waals surface area (Å²) in [6.07, 6.45) is 5.10. The highest BCUT2D eigenvalue weighted by Crippen LogP contribution is 2.32. The molecule has 3 rings (SSSR count). The van der Waals surface area contributed by atoms with E-state index in [2.05, 4.69) is 20.3 Å². The van der Waals surface area contributed by atoms with Crippen LogP contribution in [0.4, 0.5) is 17.3 Å². The highest BCUT2D eigenvalue weighted by molar-refractivity contribution is 5.86. The van der Waals surface area contributed by atoms with Crippen LogP contribution in [0.2, 0.25) is 0 Å². The van der Waals surface area contributed by atoms with Crippen LogP contribution in [-0.2, 0) is 0 Å². The Hall–Kier alpha value is -2.95. The van der Waals surface area contributed by atoms with Crippen molar-refractivity contribution in [3.05, 3.63) is 61.1 Å². The molecule has 0 unspecified atom stereocenters. The number of pyridine rings is 1. The maximum Gasteiger partial charge on any atom is 0.227 e. The molecule has 0 aliphatic carbocycles. The Labute approximate surface area is 116 Å². The van der Waals surface area contributed by atoms with Gasteiger partial charge in [-0.3, -0.25) is 4.98 Å². The molecule has 0 aliphatic heterocycles. The molecular formula is C15H13N5. The lowest BCUT2D eigenvalue weighted by atomic mass is 10.1. The van der Waals surface area contributed by atoms with Crippen molar-refractivity contribution in [1.82, 2.24) is 15.0 Å². The predicted molar refractivity (Wildman–Crippen MR) is 79.4 cm³/mol. The Morgan fingerprint density at radius 2 is 1.60 bits per heavy atom. The van der Waals surface area contributed by atoms with E-state index < -0.39 is 0 Å². The second kappa shape index (κ2) is 5.36. The lowest BCUT2D eigenvalue weighted by Gasteiger charge is -2.12. The van der Waals surface area contributed by atoms with Gasteiger partial charge in [0.2, 0.25) is 5.95 Å². The number of nitrogens with two attached hydrogens (primary N) is 1. The zero-order valence-corrected chi connectivity index (χ0v) is 10.7. The average Bonchev–Trinajstić information content (AvgIpc) is 2.51. The molecule has 2 heterocycles. The van der Waals surface area contributed by atoms with Crippen molar-refractivity contribution in [2.45, 2.75) is 0 Å². The normalized spacial score (nSPS) is 10.2. The molecular weight excluding hydrogens is 250 g/mol. The van der Waals surface area contributed by atoms with Crippen LogP contribution in [0.5, 0.6) is 0 Å². The lowest BCUT2D eigenvalue weighted by Crippen LogP contribution is -2.02. The number of nitrogen functional groups attached to an aromatic ring is 1. The number of para-hydroxylation sites is 1. The summed E-state index contributed by atoms with van der Waals surface area (Å²) in [6, 6.07) is 13.2. The van der Waals surface area contributed by atoms with Crippen LogP contribution in [0.3, 0.4) is 0 Å². The third-order valence-corrected chi connectivity index (χ3v) is 2.84. The average molecular weight is 263 g/mol. The molecule has 20 heavy (non-hydrogen) atoms. The number of benzene rings is 1. The summed E-state index contributed by atoms with van der Waals surface area (Å²) >= 11 is 0. The van der Waals surface area contributed by atoms with Crippen molar-refractivity contribution in [3.63, 3.8) is 0 Å². The molecule has 2 aromatic heterocycles. The molecule has 3 N–H and O–H groups in total. The van der Waals surface area contributed by atoms with Crippen LogP contribution < -0.4 is 11.1 Å². The van der Waals surface area contributed by atoms with Gasteiger partial charge >= 0.3 is 0 Å². The topological polar surface area (TPSA) is 76.7 Å². The number of hydrogen-bond acceptors (Lipinski definition) is 5.